The molecule has 0 amide bonds. The monoisotopic (exact) mass is 268 g/mol. The van der Waals surface area contributed by atoms with Crippen LogP contribution in [0.25, 0.3) is 0 Å². The molecule has 0 fully saturated rings. The summed E-state index contributed by atoms with van der Waals surface area (Å²) in [6.07, 6.45) is 6.90. The van der Waals surface area contributed by atoms with Crippen molar-refractivity contribution in [2.24, 2.45) is 5.92 Å². The lowest BCUT2D eigenvalue weighted by molar-refractivity contribution is 0.305. The average Bonchev–Trinajstić information content (AvgIpc) is 1.87. The zero-order chi connectivity index (χ0) is 7.61. The molecule has 0 spiro atoms. The molecule has 10 heavy (non-hydrogen) atoms. The average molecular weight is 270 g/mol. The fourth-order valence-corrected chi connectivity index (χ4v) is 2.38. The van der Waals surface area contributed by atoms with Gasteiger partial charge in [-0.05, 0) is 22.0 Å². The third kappa shape index (κ3) is 1.70. The Morgan fingerprint density at radius 3 is 2.60 bits per heavy atom. The minimum atomic E-state index is -1.36. The zero-order valence-electron chi connectivity index (χ0n) is 5.23. The van der Waals surface area contributed by atoms with Crippen LogP contribution in [0.5, 0.6) is 0 Å². The Morgan fingerprint density at radius 2 is 2.20 bits per heavy atom. The van der Waals surface area contributed by atoms with Gasteiger partial charge in [0.1, 0.15) is 0 Å². The highest BCUT2D eigenvalue weighted by Gasteiger charge is 2.32. The Hall–Kier alpha value is 0.370. The van der Waals surface area contributed by atoms with Crippen LogP contribution in [-0.2, 0) is 0 Å². The predicted octanol–water partition coefficient (Wildman–Crippen LogP) is 3.18. The number of alkyl halides is 3. The van der Waals surface area contributed by atoms with Gasteiger partial charge in [0.15, 0.2) is 4.58 Å². The van der Waals surface area contributed by atoms with Crippen molar-refractivity contribution in [3.8, 4) is 0 Å². The fraction of sp³-hybridized carbons (Fsp3) is 0.429. The smallest absolute Gasteiger partial charge is 0.190 e. The number of hydrogen-bond acceptors (Lipinski definition) is 0. The molecule has 0 radical (unpaired) electrons. The van der Waals surface area contributed by atoms with E-state index in [1.165, 1.54) is 6.08 Å². The summed E-state index contributed by atoms with van der Waals surface area (Å²) in [7, 11) is 0. The van der Waals surface area contributed by atoms with E-state index in [-0.39, 0.29) is 5.92 Å². The van der Waals surface area contributed by atoms with E-state index in [9.17, 15) is 4.39 Å². The fourth-order valence-electron chi connectivity index (χ4n) is 0.788. The number of allylic oxidation sites excluding steroid dienone is 4. The molecule has 1 aliphatic carbocycles. The summed E-state index contributed by atoms with van der Waals surface area (Å²) >= 11 is 6.22. The third-order valence-electron chi connectivity index (χ3n) is 1.43. The van der Waals surface area contributed by atoms with Gasteiger partial charge in [-0.3, -0.25) is 0 Å². The summed E-state index contributed by atoms with van der Waals surface area (Å²) in [5, 5.41) is 0.635. The Labute approximate surface area is 76.4 Å². The molecule has 2 unspecified atom stereocenters. The van der Waals surface area contributed by atoms with Gasteiger partial charge in [-0.25, -0.2) is 4.39 Å². The van der Waals surface area contributed by atoms with E-state index in [1.807, 2.05) is 12.2 Å². The van der Waals surface area contributed by atoms with Gasteiger partial charge in [-0.2, -0.15) is 0 Å². The standard InChI is InChI=1S/C7H7Br2F/c8-5-6-3-1-2-4-7(6,9)10/h1-4,6H,5H2. The SMILES string of the molecule is FC1(Br)C=CC=CC1CBr. The number of halogens is 3. The largest absolute Gasteiger partial charge is 0.226 e. The topological polar surface area (TPSA) is 0 Å². The maximum absolute atomic E-state index is 13.3. The first-order valence-corrected chi connectivity index (χ1v) is 4.88. The molecule has 0 saturated carbocycles. The Kier molecular flexibility index (Phi) is 2.69. The van der Waals surface area contributed by atoms with Crippen LogP contribution >= 0.6 is 31.9 Å². The molecule has 0 nitrogen and oxygen atoms in total. The summed E-state index contributed by atoms with van der Waals surface area (Å²) in [6, 6.07) is 0. The van der Waals surface area contributed by atoms with Crippen molar-refractivity contribution in [3.05, 3.63) is 24.3 Å². The quantitative estimate of drug-likeness (QED) is 0.642. The van der Waals surface area contributed by atoms with E-state index < -0.39 is 4.58 Å². The van der Waals surface area contributed by atoms with Crippen LogP contribution < -0.4 is 0 Å². The molecule has 2 atom stereocenters. The molecule has 0 aliphatic heterocycles. The van der Waals surface area contributed by atoms with E-state index >= 15 is 0 Å². The van der Waals surface area contributed by atoms with Crippen molar-refractivity contribution in [3.63, 3.8) is 0 Å². The van der Waals surface area contributed by atoms with E-state index in [0.29, 0.717) is 5.33 Å². The van der Waals surface area contributed by atoms with Crippen LogP contribution in [0.2, 0.25) is 0 Å². The lowest BCUT2D eigenvalue weighted by Crippen LogP contribution is -2.24. The van der Waals surface area contributed by atoms with Crippen molar-refractivity contribution >= 4 is 31.9 Å². The van der Waals surface area contributed by atoms with Gasteiger partial charge in [0.2, 0.25) is 0 Å². The molecule has 0 aromatic carbocycles. The lowest BCUT2D eigenvalue weighted by Gasteiger charge is -2.23. The van der Waals surface area contributed by atoms with Crippen LogP contribution in [0.1, 0.15) is 0 Å². The molecule has 3 heteroatoms. The minimum absolute atomic E-state index is 0.0995. The molecule has 1 rings (SSSR count). The molecule has 0 aromatic heterocycles. The van der Waals surface area contributed by atoms with Crippen LogP contribution in [-0.4, -0.2) is 9.91 Å². The predicted molar refractivity (Wildman–Crippen MR) is 48.3 cm³/mol. The first kappa shape index (κ1) is 8.47. The second-order valence-corrected chi connectivity index (χ2v) is 4.04. The molecule has 0 aromatic rings. The third-order valence-corrected chi connectivity index (χ3v) is 2.98. The second-order valence-electron chi connectivity index (χ2n) is 2.18. The maximum Gasteiger partial charge on any atom is 0.190 e. The minimum Gasteiger partial charge on any atom is -0.226 e. The van der Waals surface area contributed by atoms with Crippen LogP contribution in [0, 0.1) is 5.92 Å². The van der Waals surface area contributed by atoms with Gasteiger partial charge >= 0.3 is 0 Å². The van der Waals surface area contributed by atoms with Crippen LogP contribution in [0.4, 0.5) is 4.39 Å². The first-order chi connectivity index (χ1) is 4.67. The molecule has 0 heterocycles. The van der Waals surface area contributed by atoms with Gasteiger partial charge in [-0.1, -0.05) is 34.2 Å². The summed E-state index contributed by atoms with van der Waals surface area (Å²) < 4.78 is 11.9. The van der Waals surface area contributed by atoms with Crippen molar-refractivity contribution in [1.29, 1.82) is 0 Å². The highest BCUT2D eigenvalue weighted by atomic mass is 79.9. The Bertz CT molecular complexity index is 172. The van der Waals surface area contributed by atoms with Crippen LogP contribution in [0.15, 0.2) is 24.3 Å². The molecule has 1 aliphatic rings. The van der Waals surface area contributed by atoms with Crippen molar-refractivity contribution in [2.45, 2.75) is 4.58 Å². The van der Waals surface area contributed by atoms with Crippen molar-refractivity contribution in [1.82, 2.24) is 0 Å². The molecule has 56 valence electrons. The van der Waals surface area contributed by atoms with Gasteiger partial charge in [0.05, 0.1) is 0 Å². The number of rotatable bonds is 1. The normalized spacial score (nSPS) is 38.5. The molecular weight excluding hydrogens is 263 g/mol. The maximum atomic E-state index is 13.3. The summed E-state index contributed by atoms with van der Waals surface area (Å²) in [5.74, 6) is -0.0995. The van der Waals surface area contributed by atoms with E-state index in [0.717, 1.165) is 0 Å². The first-order valence-electron chi connectivity index (χ1n) is 2.96. The molecular formula is C7H7Br2F. The van der Waals surface area contributed by atoms with E-state index in [4.69, 9.17) is 0 Å². The molecule has 0 saturated heterocycles. The molecule has 0 bridgehead atoms. The summed E-state index contributed by atoms with van der Waals surface area (Å²) in [5.41, 5.74) is 0. The van der Waals surface area contributed by atoms with Gasteiger partial charge < -0.3 is 0 Å². The Balaban J connectivity index is 2.74. The van der Waals surface area contributed by atoms with E-state index in [1.54, 1.807) is 6.08 Å². The van der Waals surface area contributed by atoms with Gasteiger partial charge in [0, 0.05) is 11.2 Å². The van der Waals surface area contributed by atoms with Crippen molar-refractivity contribution < 1.29 is 4.39 Å². The lowest BCUT2D eigenvalue weighted by atomic mass is 10.0. The van der Waals surface area contributed by atoms with Gasteiger partial charge in [0.25, 0.3) is 0 Å². The van der Waals surface area contributed by atoms with E-state index in [2.05, 4.69) is 31.9 Å². The highest BCUT2D eigenvalue weighted by Crippen LogP contribution is 2.35. The highest BCUT2D eigenvalue weighted by molar-refractivity contribution is 9.10. The number of hydrogen-bond donors (Lipinski definition) is 0. The van der Waals surface area contributed by atoms with Gasteiger partial charge in [-0.15, -0.1) is 0 Å². The molecule has 0 N–H and O–H groups in total. The zero-order valence-corrected chi connectivity index (χ0v) is 8.40. The van der Waals surface area contributed by atoms with Crippen molar-refractivity contribution in [2.75, 3.05) is 5.33 Å². The second kappa shape index (κ2) is 3.18. The summed E-state index contributed by atoms with van der Waals surface area (Å²) in [6.45, 7) is 0. The summed E-state index contributed by atoms with van der Waals surface area (Å²) in [4.78, 5) is 0. The Morgan fingerprint density at radius 1 is 1.50 bits per heavy atom. The van der Waals surface area contributed by atoms with Crippen LogP contribution in [0.3, 0.4) is 0 Å².